The molecule has 0 unspecified atom stereocenters. The molecular formula is C15H13N3O5. The van der Waals surface area contributed by atoms with Crippen molar-refractivity contribution >= 4 is 23.3 Å². The van der Waals surface area contributed by atoms with E-state index in [0.717, 1.165) is 12.1 Å². The first-order valence-corrected chi connectivity index (χ1v) is 6.69. The molecule has 8 heteroatoms. The molecule has 0 fully saturated rings. The second-order valence-corrected chi connectivity index (χ2v) is 4.44. The maximum Gasteiger partial charge on any atom is 0.338 e. The lowest BCUT2D eigenvalue weighted by molar-refractivity contribution is -0.384. The molecule has 0 aliphatic rings. The molecular weight excluding hydrogens is 302 g/mol. The number of rotatable bonds is 5. The first-order chi connectivity index (χ1) is 11.0. The fraction of sp³-hybridized carbons (Fsp3) is 0.133. The second-order valence-electron chi connectivity index (χ2n) is 4.44. The zero-order valence-corrected chi connectivity index (χ0v) is 12.2. The number of carbonyl (C=O) groups excluding carboxylic acids is 2. The van der Waals surface area contributed by atoms with Crippen LogP contribution in [0.25, 0.3) is 0 Å². The first-order valence-electron chi connectivity index (χ1n) is 6.69. The summed E-state index contributed by atoms with van der Waals surface area (Å²) < 4.78 is 4.81. The fourth-order valence-electron chi connectivity index (χ4n) is 1.82. The van der Waals surface area contributed by atoms with Gasteiger partial charge in [0.05, 0.1) is 17.1 Å². The van der Waals surface area contributed by atoms with Crippen molar-refractivity contribution in [1.29, 1.82) is 0 Å². The number of ether oxygens (including phenoxy) is 1. The second kappa shape index (κ2) is 7.12. The number of nitrogens with one attached hydrogen (secondary N) is 1. The van der Waals surface area contributed by atoms with E-state index >= 15 is 0 Å². The summed E-state index contributed by atoms with van der Waals surface area (Å²) in [5.74, 6) is -1.31. The number of hydrogen-bond acceptors (Lipinski definition) is 6. The fourth-order valence-corrected chi connectivity index (χ4v) is 1.82. The standard InChI is InChI=1S/C15H13N3O5/c1-2-23-15(20)11-7-10(8-13(9-11)18(21)22)14(19)17-12-3-5-16-6-4-12/h3-9H,2H2,1H3,(H,16,17,19). The van der Waals surface area contributed by atoms with Crippen LogP contribution in [0.4, 0.5) is 11.4 Å². The summed E-state index contributed by atoms with van der Waals surface area (Å²) in [4.78, 5) is 38.1. The summed E-state index contributed by atoms with van der Waals surface area (Å²) in [6, 6.07) is 6.56. The third-order valence-electron chi connectivity index (χ3n) is 2.84. The minimum Gasteiger partial charge on any atom is -0.462 e. The van der Waals surface area contributed by atoms with Crippen molar-refractivity contribution in [3.63, 3.8) is 0 Å². The summed E-state index contributed by atoms with van der Waals surface area (Å²) >= 11 is 0. The van der Waals surface area contributed by atoms with Crippen molar-refractivity contribution in [3.8, 4) is 0 Å². The molecule has 0 saturated carbocycles. The van der Waals surface area contributed by atoms with Crippen LogP contribution in [0.3, 0.4) is 0 Å². The Morgan fingerprint density at radius 1 is 1.22 bits per heavy atom. The molecule has 1 N–H and O–H groups in total. The molecule has 1 aromatic heterocycles. The van der Waals surface area contributed by atoms with Gasteiger partial charge in [-0.2, -0.15) is 0 Å². The van der Waals surface area contributed by atoms with E-state index in [0.29, 0.717) is 5.69 Å². The molecule has 0 radical (unpaired) electrons. The number of esters is 1. The molecule has 1 heterocycles. The highest BCUT2D eigenvalue weighted by Gasteiger charge is 2.18. The average molecular weight is 315 g/mol. The first kappa shape index (κ1) is 16.1. The van der Waals surface area contributed by atoms with E-state index in [4.69, 9.17) is 4.74 Å². The third kappa shape index (κ3) is 4.10. The predicted octanol–water partition coefficient (Wildman–Crippen LogP) is 2.42. The van der Waals surface area contributed by atoms with Gasteiger partial charge < -0.3 is 10.1 Å². The lowest BCUT2D eigenvalue weighted by atomic mass is 10.1. The molecule has 0 aliphatic heterocycles. The largest absolute Gasteiger partial charge is 0.462 e. The van der Waals surface area contributed by atoms with Crippen LogP contribution in [-0.4, -0.2) is 28.4 Å². The van der Waals surface area contributed by atoms with Gasteiger partial charge in [-0.1, -0.05) is 0 Å². The van der Waals surface area contributed by atoms with E-state index in [2.05, 4.69) is 10.3 Å². The van der Waals surface area contributed by atoms with Gasteiger partial charge in [-0.15, -0.1) is 0 Å². The quantitative estimate of drug-likeness (QED) is 0.515. The van der Waals surface area contributed by atoms with E-state index in [9.17, 15) is 19.7 Å². The molecule has 1 amide bonds. The van der Waals surface area contributed by atoms with Gasteiger partial charge in [0.1, 0.15) is 0 Å². The summed E-state index contributed by atoms with van der Waals surface area (Å²) in [6.07, 6.45) is 2.99. The van der Waals surface area contributed by atoms with Crippen LogP contribution in [0.1, 0.15) is 27.6 Å². The smallest absolute Gasteiger partial charge is 0.338 e. The average Bonchev–Trinajstić information content (AvgIpc) is 2.55. The molecule has 0 aliphatic carbocycles. The number of nitro groups is 1. The number of hydrogen-bond donors (Lipinski definition) is 1. The normalized spacial score (nSPS) is 9.96. The number of benzene rings is 1. The van der Waals surface area contributed by atoms with Gasteiger partial charge in [0.2, 0.25) is 0 Å². The van der Waals surface area contributed by atoms with Gasteiger partial charge in [-0.25, -0.2) is 4.79 Å². The molecule has 0 spiro atoms. The number of anilines is 1. The Morgan fingerprint density at radius 3 is 2.48 bits per heavy atom. The monoisotopic (exact) mass is 315 g/mol. The SMILES string of the molecule is CCOC(=O)c1cc(C(=O)Nc2ccncc2)cc([N+](=O)[O-])c1. The Labute approximate surface area is 131 Å². The number of pyridine rings is 1. The van der Waals surface area contributed by atoms with Gasteiger partial charge in [0.15, 0.2) is 0 Å². The molecule has 1 aromatic carbocycles. The van der Waals surface area contributed by atoms with Gasteiger partial charge in [0, 0.05) is 35.8 Å². The third-order valence-corrected chi connectivity index (χ3v) is 2.84. The zero-order chi connectivity index (χ0) is 16.8. The number of non-ortho nitro benzene ring substituents is 1. The summed E-state index contributed by atoms with van der Waals surface area (Å²) in [7, 11) is 0. The van der Waals surface area contributed by atoms with Crippen molar-refractivity contribution < 1.29 is 19.2 Å². The van der Waals surface area contributed by atoms with Crippen molar-refractivity contribution in [2.75, 3.05) is 11.9 Å². The van der Waals surface area contributed by atoms with E-state index in [-0.39, 0.29) is 23.4 Å². The van der Waals surface area contributed by atoms with Gasteiger partial charge in [0.25, 0.3) is 11.6 Å². The Kier molecular flexibility index (Phi) is 4.98. The number of aromatic nitrogens is 1. The molecule has 118 valence electrons. The lowest BCUT2D eigenvalue weighted by Gasteiger charge is -2.07. The van der Waals surface area contributed by atoms with Crippen LogP contribution in [0.2, 0.25) is 0 Å². The van der Waals surface area contributed by atoms with E-state index in [1.807, 2.05) is 0 Å². The van der Waals surface area contributed by atoms with E-state index < -0.39 is 16.8 Å². The number of carbonyl (C=O) groups is 2. The van der Waals surface area contributed by atoms with Crippen LogP contribution in [-0.2, 0) is 4.74 Å². The summed E-state index contributed by atoms with van der Waals surface area (Å²) in [5, 5.41) is 13.5. The van der Waals surface area contributed by atoms with Gasteiger partial charge in [-0.05, 0) is 25.1 Å². The minimum atomic E-state index is -0.728. The van der Waals surface area contributed by atoms with Crippen molar-refractivity contribution in [2.24, 2.45) is 0 Å². The van der Waals surface area contributed by atoms with Crippen LogP contribution in [0.5, 0.6) is 0 Å². The Morgan fingerprint density at radius 2 is 1.87 bits per heavy atom. The molecule has 0 saturated heterocycles. The van der Waals surface area contributed by atoms with Crippen molar-refractivity contribution in [2.45, 2.75) is 6.92 Å². The van der Waals surface area contributed by atoms with Gasteiger partial charge >= 0.3 is 5.97 Å². The number of nitrogens with zero attached hydrogens (tertiary/aromatic N) is 2. The maximum atomic E-state index is 12.2. The Balaban J connectivity index is 2.34. The van der Waals surface area contributed by atoms with Crippen LogP contribution in [0.15, 0.2) is 42.7 Å². The zero-order valence-electron chi connectivity index (χ0n) is 12.2. The van der Waals surface area contributed by atoms with E-state index in [1.165, 1.54) is 18.5 Å². The minimum absolute atomic E-state index is 0.0148. The topological polar surface area (TPSA) is 111 Å². The van der Waals surface area contributed by atoms with E-state index in [1.54, 1.807) is 19.1 Å². The van der Waals surface area contributed by atoms with Crippen molar-refractivity contribution in [1.82, 2.24) is 4.98 Å². The predicted molar refractivity (Wildman–Crippen MR) is 81.2 cm³/mol. The van der Waals surface area contributed by atoms with Crippen molar-refractivity contribution in [3.05, 3.63) is 64.0 Å². The molecule has 8 nitrogen and oxygen atoms in total. The van der Waals surface area contributed by atoms with Gasteiger partial charge in [-0.3, -0.25) is 19.9 Å². The number of amides is 1. The molecule has 0 atom stereocenters. The molecule has 2 rings (SSSR count). The Hall–Kier alpha value is -3.29. The van der Waals surface area contributed by atoms with Crippen LogP contribution < -0.4 is 5.32 Å². The van der Waals surface area contributed by atoms with Crippen LogP contribution >= 0.6 is 0 Å². The maximum absolute atomic E-state index is 12.2. The van der Waals surface area contributed by atoms with Crippen LogP contribution in [0, 0.1) is 10.1 Å². The Bertz CT molecular complexity index is 746. The highest BCUT2D eigenvalue weighted by atomic mass is 16.6. The highest BCUT2D eigenvalue weighted by Crippen LogP contribution is 2.19. The molecule has 23 heavy (non-hydrogen) atoms. The summed E-state index contributed by atoms with van der Waals surface area (Å²) in [6.45, 7) is 1.74. The number of nitro benzene ring substituents is 1. The molecule has 0 bridgehead atoms. The lowest BCUT2D eigenvalue weighted by Crippen LogP contribution is -2.14. The molecule has 2 aromatic rings. The highest BCUT2D eigenvalue weighted by molar-refractivity contribution is 6.06. The summed E-state index contributed by atoms with van der Waals surface area (Å²) in [5.41, 5.74) is 0.0459.